The van der Waals surface area contributed by atoms with E-state index in [0.29, 0.717) is 18.0 Å². The predicted molar refractivity (Wildman–Crippen MR) is 85.2 cm³/mol. The summed E-state index contributed by atoms with van der Waals surface area (Å²) in [7, 11) is 3.20. The van der Waals surface area contributed by atoms with Gasteiger partial charge in [0.1, 0.15) is 11.5 Å². The molecule has 1 aromatic carbocycles. The second-order valence-corrected chi connectivity index (χ2v) is 5.63. The maximum Gasteiger partial charge on any atom is 0.122 e. The molecule has 0 aliphatic heterocycles. The maximum atomic E-state index is 10.3. The lowest BCUT2D eigenvalue weighted by Crippen LogP contribution is -2.24. The van der Waals surface area contributed by atoms with Gasteiger partial charge in [0.05, 0.1) is 20.3 Å². The second kappa shape index (κ2) is 7.45. The van der Waals surface area contributed by atoms with Gasteiger partial charge in [0.15, 0.2) is 0 Å². The predicted octanol–water partition coefficient (Wildman–Crippen LogP) is 3.15. The van der Waals surface area contributed by atoms with Gasteiger partial charge in [0.2, 0.25) is 0 Å². The first-order valence-corrected chi connectivity index (χ1v) is 7.75. The molecule has 0 radical (unpaired) electrons. The van der Waals surface area contributed by atoms with Gasteiger partial charge < -0.3 is 19.9 Å². The van der Waals surface area contributed by atoms with Gasteiger partial charge >= 0.3 is 0 Å². The first-order valence-electron chi connectivity index (χ1n) is 6.80. The first kappa shape index (κ1) is 15.8. The molecule has 21 heavy (non-hydrogen) atoms. The largest absolute Gasteiger partial charge is 0.497 e. The van der Waals surface area contributed by atoms with E-state index in [1.54, 1.807) is 31.6 Å². The molecule has 0 aliphatic rings. The quantitative estimate of drug-likeness (QED) is 0.825. The Morgan fingerprint density at radius 2 is 1.81 bits per heavy atom. The third-order valence-corrected chi connectivity index (χ3v) is 4.12. The molecule has 1 heterocycles. The highest BCUT2D eigenvalue weighted by Gasteiger charge is 2.13. The number of nitrogens with one attached hydrogen (secondary N) is 1. The zero-order valence-electron chi connectivity index (χ0n) is 12.5. The Bertz CT molecular complexity index is 534. The summed E-state index contributed by atoms with van der Waals surface area (Å²) < 4.78 is 10.4. The van der Waals surface area contributed by atoms with Crippen LogP contribution in [-0.4, -0.2) is 25.9 Å². The Morgan fingerprint density at radius 1 is 1.14 bits per heavy atom. The second-order valence-electron chi connectivity index (χ2n) is 4.85. The molecule has 114 valence electrons. The van der Waals surface area contributed by atoms with Crippen LogP contribution >= 0.6 is 11.3 Å². The molecular weight excluding hydrogens is 286 g/mol. The van der Waals surface area contributed by atoms with Gasteiger partial charge in [0.25, 0.3) is 0 Å². The fourth-order valence-electron chi connectivity index (χ4n) is 2.07. The monoisotopic (exact) mass is 307 g/mol. The lowest BCUT2D eigenvalue weighted by atomic mass is 10.1. The van der Waals surface area contributed by atoms with Crippen LogP contribution in [0.3, 0.4) is 0 Å². The molecule has 4 nitrogen and oxygen atoms in total. The molecule has 0 saturated carbocycles. The molecule has 0 fully saturated rings. The number of thiophene rings is 1. The number of aliphatic hydroxyl groups excluding tert-OH is 1. The number of hydrogen-bond donors (Lipinski definition) is 2. The van der Waals surface area contributed by atoms with Crippen molar-refractivity contribution in [3.8, 4) is 11.5 Å². The summed E-state index contributed by atoms with van der Waals surface area (Å²) in [6.45, 7) is 2.55. The Balaban J connectivity index is 2.01. The summed E-state index contributed by atoms with van der Waals surface area (Å²) in [5, 5.41) is 17.8. The van der Waals surface area contributed by atoms with Crippen molar-refractivity contribution in [2.24, 2.45) is 0 Å². The number of ether oxygens (including phenoxy) is 2. The molecule has 0 saturated heterocycles. The summed E-state index contributed by atoms with van der Waals surface area (Å²) >= 11 is 1.67. The van der Waals surface area contributed by atoms with E-state index in [0.717, 1.165) is 5.56 Å². The van der Waals surface area contributed by atoms with Crippen molar-refractivity contribution >= 4 is 11.3 Å². The van der Waals surface area contributed by atoms with E-state index < -0.39 is 6.10 Å². The molecule has 2 atom stereocenters. The van der Waals surface area contributed by atoms with Gasteiger partial charge in [-0.3, -0.25) is 0 Å². The van der Waals surface area contributed by atoms with Crippen LogP contribution in [0.1, 0.15) is 30.2 Å². The van der Waals surface area contributed by atoms with Crippen LogP contribution in [0, 0.1) is 0 Å². The molecule has 2 unspecified atom stereocenters. The fraction of sp³-hybridized carbons (Fsp3) is 0.375. The summed E-state index contributed by atoms with van der Waals surface area (Å²) in [5.41, 5.74) is 2.01. The molecule has 1 aromatic heterocycles. The van der Waals surface area contributed by atoms with Crippen LogP contribution in [0.2, 0.25) is 0 Å². The molecular formula is C16H21NO3S. The number of benzene rings is 1. The molecule has 5 heteroatoms. The maximum absolute atomic E-state index is 10.3. The summed E-state index contributed by atoms with van der Waals surface area (Å²) in [4.78, 5) is 0. The SMILES string of the molecule is COc1cc(OC)cc(C(O)CNC(C)c2ccsc2)c1. The molecule has 0 amide bonds. The lowest BCUT2D eigenvalue weighted by molar-refractivity contribution is 0.170. The van der Waals surface area contributed by atoms with Gasteiger partial charge in [0, 0.05) is 18.7 Å². The fourth-order valence-corrected chi connectivity index (χ4v) is 2.82. The minimum absolute atomic E-state index is 0.207. The van der Waals surface area contributed by atoms with Crippen molar-refractivity contribution in [3.05, 3.63) is 46.2 Å². The average molecular weight is 307 g/mol. The number of hydrogen-bond acceptors (Lipinski definition) is 5. The highest BCUT2D eigenvalue weighted by atomic mass is 32.1. The van der Waals surface area contributed by atoms with Crippen LogP contribution in [0.5, 0.6) is 11.5 Å². The van der Waals surface area contributed by atoms with E-state index in [1.807, 2.05) is 12.1 Å². The van der Waals surface area contributed by atoms with Crippen LogP contribution in [0.25, 0.3) is 0 Å². The van der Waals surface area contributed by atoms with Crippen LogP contribution in [-0.2, 0) is 0 Å². The first-order chi connectivity index (χ1) is 10.1. The van der Waals surface area contributed by atoms with Gasteiger partial charge in [-0.25, -0.2) is 0 Å². The topological polar surface area (TPSA) is 50.7 Å². The van der Waals surface area contributed by atoms with Crippen molar-refractivity contribution in [1.29, 1.82) is 0 Å². The smallest absolute Gasteiger partial charge is 0.122 e. The highest BCUT2D eigenvalue weighted by Crippen LogP contribution is 2.26. The van der Waals surface area contributed by atoms with Gasteiger partial charge in [-0.15, -0.1) is 0 Å². The van der Waals surface area contributed by atoms with E-state index in [9.17, 15) is 5.11 Å². The summed E-state index contributed by atoms with van der Waals surface area (Å²) in [6.07, 6.45) is -0.616. The minimum Gasteiger partial charge on any atom is -0.497 e. The zero-order valence-corrected chi connectivity index (χ0v) is 13.3. The van der Waals surface area contributed by atoms with Crippen molar-refractivity contribution in [2.75, 3.05) is 20.8 Å². The average Bonchev–Trinajstić information content (AvgIpc) is 3.06. The number of methoxy groups -OCH3 is 2. The van der Waals surface area contributed by atoms with Crippen LogP contribution < -0.4 is 14.8 Å². The zero-order chi connectivity index (χ0) is 15.2. The summed E-state index contributed by atoms with van der Waals surface area (Å²) in [5.74, 6) is 1.35. The third kappa shape index (κ3) is 4.20. The van der Waals surface area contributed by atoms with Crippen molar-refractivity contribution < 1.29 is 14.6 Å². The Hall–Kier alpha value is -1.56. The van der Waals surface area contributed by atoms with Gasteiger partial charge in [-0.05, 0) is 47.0 Å². The van der Waals surface area contributed by atoms with Crippen LogP contribution in [0.15, 0.2) is 35.0 Å². The minimum atomic E-state index is -0.616. The molecule has 2 aromatic rings. The number of aliphatic hydroxyl groups is 1. The number of rotatable bonds is 7. The molecule has 2 N–H and O–H groups in total. The highest BCUT2D eigenvalue weighted by molar-refractivity contribution is 7.07. The van der Waals surface area contributed by atoms with Crippen LogP contribution in [0.4, 0.5) is 0 Å². The Morgan fingerprint density at radius 3 is 2.33 bits per heavy atom. The summed E-state index contributed by atoms with van der Waals surface area (Å²) in [6, 6.07) is 7.73. The molecule has 0 bridgehead atoms. The van der Waals surface area contributed by atoms with Crippen molar-refractivity contribution in [2.45, 2.75) is 19.1 Å². The van der Waals surface area contributed by atoms with Gasteiger partial charge in [-0.1, -0.05) is 0 Å². The van der Waals surface area contributed by atoms with Crippen molar-refractivity contribution in [1.82, 2.24) is 5.32 Å². The Labute approximate surface area is 129 Å². The third-order valence-electron chi connectivity index (χ3n) is 3.42. The van der Waals surface area contributed by atoms with Gasteiger partial charge in [-0.2, -0.15) is 11.3 Å². The van der Waals surface area contributed by atoms with E-state index in [1.165, 1.54) is 5.56 Å². The standard InChI is InChI=1S/C16H21NO3S/c1-11(12-4-5-21-10-12)17-9-16(18)13-6-14(19-2)8-15(7-13)20-3/h4-8,10-11,16-18H,9H2,1-3H3. The molecule has 0 spiro atoms. The van der Waals surface area contributed by atoms with Crippen molar-refractivity contribution in [3.63, 3.8) is 0 Å². The molecule has 0 aliphatic carbocycles. The lowest BCUT2D eigenvalue weighted by Gasteiger charge is -2.18. The molecule has 2 rings (SSSR count). The van der Waals surface area contributed by atoms with E-state index in [4.69, 9.17) is 9.47 Å². The normalized spacial score (nSPS) is 13.7. The van der Waals surface area contributed by atoms with E-state index in [-0.39, 0.29) is 6.04 Å². The van der Waals surface area contributed by atoms with E-state index >= 15 is 0 Å². The van der Waals surface area contributed by atoms with E-state index in [2.05, 4.69) is 29.1 Å². The Kier molecular flexibility index (Phi) is 5.61.